The molecule has 5 atom stereocenters. The van der Waals surface area contributed by atoms with Gasteiger partial charge in [-0.15, -0.1) is 0 Å². The van der Waals surface area contributed by atoms with Crippen LogP contribution in [0.15, 0.2) is 54.6 Å². The number of aliphatic hydroxyl groups is 1. The maximum atomic E-state index is 14.3. The summed E-state index contributed by atoms with van der Waals surface area (Å²) in [7, 11) is 0. The molecule has 4 aliphatic rings. The maximum absolute atomic E-state index is 14.3. The van der Waals surface area contributed by atoms with E-state index in [1.807, 2.05) is 75.4 Å². The molecule has 2 saturated heterocycles. The predicted octanol–water partition coefficient (Wildman–Crippen LogP) is 2.53. The Bertz CT molecular complexity index is 1120. The standard InChI is InChI=1S/C29H37N3O5/c1-4-28-14-10-18-31(21-12-6-5-7-13-21)25(34)22(28)23-26(35)32(16-8-9-19-33)24-27(36)30(20(2)3)17-11-15-29(23,24)37-28/h5-7,10-15,20,22-24,33H,4,8-9,16-19H2,1-3H3/t22-,23-,24?,28+,29-/m0/s1. The molecule has 3 amide bonds. The van der Waals surface area contributed by atoms with Crippen molar-refractivity contribution in [2.24, 2.45) is 11.8 Å². The van der Waals surface area contributed by atoms with Crippen molar-refractivity contribution in [3.63, 3.8) is 0 Å². The van der Waals surface area contributed by atoms with Gasteiger partial charge < -0.3 is 24.5 Å². The smallest absolute Gasteiger partial charge is 0.249 e. The van der Waals surface area contributed by atoms with Crippen molar-refractivity contribution in [1.29, 1.82) is 0 Å². The second-order valence-corrected chi connectivity index (χ2v) is 10.8. The van der Waals surface area contributed by atoms with Crippen molar-refractivity contribution in [2.45, 2.75) is 63.3 Å². The van der Waals surface area contributed by atoms with E-state index in [1.165, 1.54) is 0 Å². The summed E-state index contributed by atoms with van der Waals surface area (Å²) in [6, 6.07) is 8.57. The van der Waals surface area contributed by atoms with Crippen molar-refractivity contribution in [3.8, 4) is 0 Å². The number of rotatable bonds is 7. The third-order valence-corrected chi connectivity index (χ3v) is 8.47. The lowest BCUT2D eigenvalue weighted by Crippen LogP contribution is -2.57. The zero-order valence-corrected chi connectivity index (χ0v) is 21.9. The average Bonchev–Trinajstić information content (AvgIpc) is 3.17. The molecule has 37 heavy (non-hydrogen) atoms. The molecule has 8 nitrogen and oxygen atoms in total. The molecule has 1 N–H and O–H groups in total. The van der Waals surface area contributed by atoms with E-state index in [-0.39, 0.29) is 30.4 Å². The van der Waals surface area contributed by atoms with Crippen LogP contribution in [0.1, 0.15) is 40.0 Å². The van der Waals surface area contributed by atoms with Gasteiger partial charge in [0.2, 0.25) is 17.7 Å². The van der Waals surface area contributed by atoms with Gasteiger partial charge in [0, 0.05) is 38.0 Å². The first-order valence-electron chi connectivity index (χ1n) is 13.4. The van der Waals surface area contributed by atoms with E-state index in [2.05, 4.69) is 0 Å². The molecular weight excluding hydrogens is 470 g/mol. The van der Waals surface area contributed by atoms with Crippen molar-refractivity contribution in [2.75, 3.05) is 31.1 Å². The van der Waals surface area contributed by atoms with Crippen LogP contribution in [0.4, 0.5) is 5.69 Å². The fraction of sp³-hybridized carbons (Fsp3) is 0.552. The van der Waals surface area contributed by atoms with E-state index in [4.69, 9.17) is 4.74 Å². The molecular formula is C29H37N3O5. The Kier molecular flexibility index (Phi) is 6.75. The molecule has 0 saturated carbocycles. The van der Waals surface area contributed by atoms with Crippen LogP contribution in [0.3, 0.4) is 0 Å². The quantitative estimate of drug-likeness (QED) is 0.453. The van der Waals surface area contributed by atoms with E-state index in [9.17, 15) is 19.5 Å². The summed E-state index contributed by atoms with van der Waals surface area (Å²) in [5.41, 5.74) is -1.46. The number of benzene rings is 1. The Balaban J connectivity index is 1.64. The zero-order chi connectivity index (χ0) is 26.4. The SMILES string of the molecule is CC[C@@]12C=CCN(c3ccccc3)C(=O)[C@@H]1[C@H]1C(=O)N(CCCCO)C3C(=O)N(C(C)C)CC=C[C@@]31O2. The zero-order valence-electron chi connectivity index (χ0n) is 21.9. The Morgan fingerprint density at radius 2 is 1.70 bits per heavy atom. The minimum atomic E-state index is -1.24. The largest absolute Gasteiger partial charge is 0.396 e. The number of ether oxygens (including phenoxy) is 1. The number of unbranched alkanes of at least 4 members (excludes halogenated alkanes) is 1. The van der Waals surface area contributed by atoms with Gasteiger partial charge in [-0.05, 0) is 45.2 Å². The van der Waals surface area contributed by atoms with Crippen molar-refractivity contribution < 1.29 is 24.2 Å². The van der Waals surface area contributed by atoms with Gasteiger partial charge in [0.05, 0.1) is 17.4 Å². The monoisotopic (exact) mass is 507 g/mol. The highest BCUT2D eigenvalue weighted by molar-refractivity contribution is 6.04. The predicted molar refractivity (Wildman–Crippen MR) is 140 cm³/mol. The molecule has 4 aliphatic heterocycles. The average molecular weight is 508 g/mol. The van der Waals surface area contributed by atoms with E-state index < -0.39 is 29.1 Å². The molecule has 1 aromatic carbocycles. The normalized spacial score (nSPS) is 33.1. The van der Waals surface area contributed by atoms with Gasteiger partial charge in [-0.25, -0.2) is 0 Å². The van der Waals surface area contributed by atoms with Gasteiger partial charge >= 0.3 is 0 Å². The summed E-state index contributed by atoms with van der Waals surface area (Å²) in [5.74, 6) is -2.12. The number of anilines is 1. The van der Waals surface area contributed by atoms with Crippen LogP contribution < -0.4 is 4.90 Å². The summed E-state index contributed by atoms with van der Waals surface area (Å²) in [5, 5.41) is 9.36. The second kappa shape index (κ2) is 9.72. The highest BCUT2D eigenvalue weighted by Crippen LogP contribution is 2.58. The number of para-hydroxylation sites is 1. The number of nitrogens with zero attached hydrogens (tertiary/aromatic N) is 3. The first kappa shape index (κ1) is 25.7. The topological polar surface area (TPSA) is 90.4 Å². The number of carbonyl (C=O) groups excluding carboxylic acids is 3. The molecule has 198 valence electrons. The molecule has 2 fully saturated rings. The van der Waals surface area contributed by atoms with Crippen LogP contribution in [0.5, 0.6) is 0 Å². The number of amides is 3. The Morgan fingerprint density at radius 3 is 2.38 bits per heavy atom. The summed E-state index contributed by atoms with van der Waals surface area (Å²) in [4.78, 5) is 47.8. The lowest BCUT2D eigenvalue weighted by Gasteiger charge is -2.39. The summed E-state index contributed by atoms with van der Waals surface area (Å²) in [6.45, 7) is 7.05. The Labute approximate surface area is 218 Å². The van der Waals surface area contributed by atoms with Crippen molar-refractivity contribution >= 4 is 23.4 Å². The second-order valence-electron chi connectivity index (χ2n) is 10.8. The molecule has 5 rings (SSSR count). The van der Waals surface area contributed by atoms with Gasteiger partial charge in [0.25, 0.3) is 0 Å². The van der Waals surface area contributed by atoms with E-state index in [0.29, 0.717) is 38.9 Å². The van der Waals surface area contributed by atoms with Gasteiger partial charge in [-0.3, -0.25) is 14.4 Å². The number of carbonyl (C=O) groups is 3. The Hall–Kier alpha value is -2.97. The molecule has 0 aromatic heterocycles. The number of likely N-dealkylation sites (tertiary alicyclic amines) is 1. The lowest BCUT2D eigenvalue weighted by atomic mass is 9.73. The number of fused-ring (bicyclic) bond motifs is 2. The van der Waals surface area contributed by atoms with Crippen LogP contribution in [0, 0.1) is 11.8 Å². The summed E-state index contributed by atoms with van der Waals surface area (Å²) in [6.07, 6.45) is 9.32. The van der Waals surface area contributed by atoms with Crippen LogP contribution in [-0.2, 0) is 19.1 Å². The number of hydrogen-bond acceptors (Lipinski definition) is 5. The lowest BCUT2D eigenvalue weighted by molar-refractivity contribution is -0.153. The molecule has 1 spiro atoms. The third-order valence-electron chi connectivity index (χ3n) is 8.47. The minimum absolute atomic E-state index is 0.0145. The number of aliphatic hydroxyl groups excluding tert-OH is 1. The highest BCUT2D eigenvalue weighted by Gasteiger charge is 2.75. The van der Waals surface area contributed by atoms with E-state index in [0.717, 1.165) is 5.69 Å². The fourth-order valence-electron chi connectivity index (χ4n) is 6.72. The van der Waals surface area contributed by atoms with Crippen LogP contribution in [0.25, 0.3) is 0 Å². The van der Waals surface area contributed by atoms with Crippen molar-refractivity contribution in [3.05, 3.63) is 54.6 Å². The molecule has 1 unspecified atom stereocenters. The first-order chi connectivity index (χ1) is 17.8. The molecule has 1 aromatic rings. The minimum Gasteiger partial charge on any atom is -0.396 e. The molecule has 4 heterocycles. The van der Waals surface area contributed by atoms with Gasteiger partial charge in [0.15, 0.2) is 0 Å². The van der Waals surface area contributed by atoms with Crippen LogP contribution in [0.2, 0.25) is 0 Å². The molecule has 0 bridgehead atoms. The molecule has 0 radical (unpaired) electrons. The van der Waals surface area contributed by atoms with Gasteiger partial charge in [-0.2, -0.15) is 0 Å². The van der Waals surface area contributed by atoms with Crippen LogP contribution in [-0.4, -0.2) is 82.2 Å². The molecule has 8 heteroatoms. The highest BCUT2D eigenvalue weighted by atomic mass is 16.5. The summed E-state index contributed by atoms with van der Waals surface area (Å²) >= 11 is 0. The maximum Gasteiger partial charge on any atom is 0.249 e. The number of hydrogen-bond donors (Lipinski definition) is 1. The third kappa shape index (κ3) is 3.84. The van der Waals surface area contributed by atoms with Crippen molar-refractivity contribution in [1.82, 2.24) is 9.80 Å². The van der Waals surface area contributed by atoms with Crippen LogP contribution >= 0.6 is 0 Å². The molecule has 0 aliphatic carbocycles. The van der Waals surface area contributed by atoms with Gasteiger partial charge in [-0.1, -0.05) is 49.4 Å². The van der Waals surface area contributed by atoms with E-state index in [1.54, 1.807) is 14.7 Å². The van der Waals surface area contributed by atoms with E-state index >= 15 is 0 Å². The fourth-order valence-corrected chi connectivity index (χ4v) is 6.72. The summed E-state index contributed by atoms with van der Waals surface area (Å²) < 4.78 is 6.96. The first-order valence-corrected chi connectivity index (χ1v) is 13.4. The Morgan fingerprint density at radius 1 is 0.973 bits per heavy atom. The van der Waals surface area contributed by atoms with Gasteiger partial charge in [0.1, 0.15) is 11.6 Å².